The summed E-state index contributed by atoms with van der Waals surface area (Å²) in [5.41, 5.74) is 6.15. The van der Waals surface area contributed by atoms with Crippen LogP contribution in [0.25, 0.3) is 0 Å². The highest BCUT2D eigenvalue weighted by Gasteiger charge is 2.18. The first-order chi connectivity index (χ1) is 6.81. The maximum absolute atomic E-state index is 8.68. The van der Waals surface area contributed by atoms with Gasteiger partial charge in [-0.15, -0.1) is 0 Å². The van der Waals surface area contributed by atoms with Crippen LogP contribution in [-0.2, 0) is 11.3 Å². The number of nitrogens with two attached hydrogens (primary N) is 1. The van der Waals surface area contributed by atoms with Crippen molar-refractivity contribution < 1.29 is 4.74 Å². The molecule has 2 rings (SSSR count). The van der Waals surface area contributed by atoms with E-state index in [9.17, 15) is 0 Å². The minimum absolute atomic E-state index is 0.198. The number of rotatable bonds is 2. The second-order valence-electron chi connectivity index (χ2n) is 3.37. The molecular formula is C9H12N4O. The van der Waals surface area contributed by atoms with Crippen LogP contribution in [0.3, 0.4) is 0 Å². The van der Waals surface area contributed by atoms with Crippen LogP contribution in [0.15, 0.2) is 6.20 Å². The van der Waals surface area contributed by atoms with E-state index in [-0.39, 0.29) is 6.10 Å². The number of nitrogen functional groups attached to an aromatic ring is 1. The monoisotopic (exact) mass is 192 g/mol. The van der Waals surface area contributed by atoms with Crippen molar-refractivity contribution in [1.82, 2.24) is 9.78 Å². The molecule has 1 aliphatic heterocycles. The van der Waals surface area contributed by atoms with Gasteiger partial charge < -0.3 is 10.5 Å². The molecule has 0 bridgehead atoms. The summed E-state index contributed by atoms with van der Waals surface area (Å²) in [7, 11) is 0. The molecule has 0 amide bonds. The summed E-state index contributed by atoms with van der Waals surface area (Å²) in [6.45, 7) is 1.46. The molecule has 5 nitrogen and oxygen atoms in total. The molecule has 2 heterocycles. The van der Waals surface area contributed by atoms with E-state index in [0.717, 1.165) is 19.4 Å². The molecule has 1 aromatic heterocycles. The molecule has 14 heavy (non-hydrogen) atoms. The van der Waals surface area contributed by atoms with Crippen molar-refractivity contribution in [3.8, 4) is 6.07 Å². The molecule has 1 unspecified atom stereocenters. The van der Waals surface area contributed by atoms with Crippen molar-refractivity contribution in [2.45, 2.75) is 25.5 Å². The Morgan fingerprint density at radius 3 is 3.21 bits per heavy atom. The van der Waals surface area contributed by atoms with E-state index in [4.69, 9.17) is 15.7 Å². The van der Waals surface area contributed by atoms with Gasteiger partial charge in [-0.3, -0.25) is 0 Å². The Labute approximate surface area is 82.1 Å². The molecule has 0 radical (unpaired) electrons. The summed E-state index contributed by atoms with van der Waals surface area (Å²) in [5, 5.41) is 12.7. The molecule has 1 aromatic rings. The minimum atomic E-state index is 0.198. The number of hydrogen-bond acceptors (Lipinski definition) is 4. The number of ether oxygens (including phenoxy) is 1. The lowest BCUT2D eigenvalue weighted by Gasteiger charge is -2.10. The molecule has 0 aliphatic carbocycles. The SMILES string of the molecule is N#Cc1cnn(CC2CCCO2)c1N. The van der Waals surface area contributed by atoms with Gasteiger partial charge in [-0.25, -0.2) is 4.68 Å². The van der Waals surface area contributed by atoms with Crippen molar-refractivity contribution in [3.05, 3.63) is 11.8 Å². The summed E-state index contributed by atoms with van der Waals surface area (Å²) >= 11 is 0. The highest BCUT2D eigenvalue weighted by atomic mass is 16.5. The van der Waals surface area contributed by atoms with Crippen LogP contribution in [-0.4, -0.2) is 22.5 Å². The molecule has 1 saturated heterocycles. The predicted molar refractivity (Wildman–Crippen MR) is 50.3 cm³/mol. The Morgan fingerprint density at radius 1 is 1.79 bits per heavy atom. The first-order valence-electron chi connectivity index (χ1n) is 4.64. The van der Waals surface area contributed by atoms with Crippen LogP contribution in [0.2, 0.25) is 0 Å². The fourth-order valence-electron chi connectivity index (χ4n) is 1.61. The van der Waals surface area contributed by atoms with E-state index in [0.29, 0.717) is 17.9 Å². The van der Waals surface area contributed by atoms with E-state index in [1.165, 1.54) is 6.20 Å². The Kier molecular flexibility index (Phi) is 2.37. The van der Waals surface area contributed by atoms with Crippen LogP contribution in [0.1, 0.15) is 18.4 Å². The van der Waals surface area contributed by atoms with Gasteiger partial charge in [0, 0.05) is 6.61 Å². The quantitative estimate of drug-likeness (QED) is 0.740. The van der Waals surface area contributed by atoms with Crippen molar-refractivity contribution in [3.63, 3.8) is 0 Å². The third kappa shape index (κ3) is 1.56. The normalized spacial score (nSPS) is 20.9. The van der Waals surface area contributed by atoms with Gasteiger partial charge in [0.25, 0.3) is 0 Å². The number of nitriles is 1. The zero-order chi connectivity index (χ0) is 9.97. The van der Waals surface area contributed by atoms with Gasteiger partial charge in [0.15, 0.2) is 0 Å². The first kappa shape index (κ1) is 9.03. The average molecular weight is 192 g/mol. The van der Waals surface area contributed by atoms with Gasteiger partial charge in [-0.05, 0) is 12.8 Å². The second-order valence-corrected chi connectivity index (χ2v) is 3.37. The van der Waals surface area contributed by atoms with Crippen molar-refractivity contribution in [2.75, 3.05) is 12.3 Å². The molecular weight excluding hydrogens is 180 g/mol. The lowest BCUT2D eigenvalue weighted by atomic mass is 10.2. The van der Waals surface area contributed by atoms with Gasteiger partial charge >= 0.3 is 0 Å². The van der Waals surface area contributed by atoms with Crippen LogP contribution in [0, 0.1) is 11.3 Å². The molecule has 0 saturated carbocycles. The van der Waals surface area contributed by atoms with E-state index in [1.807, 2.05) is 6.07 Å². The number of hydrogen-bond donors (Lipinski definition) is 1. The lowest BCUT2D eigenvalue weighted by Crippen LogP contribution is -2.17. The van der Waals surface area contributed by atoms with Crippen molar-refractivity contribution in [2.24, 2.45) is 0 Å². The van der Waals surface area contributed by atoms with Gasteiger partial charge in [0.05, 0.1) is 18.8 Å². The maximum Gasteiger partial charge on any atom is 0.139 e. The summed E-state index contributed by atoms with van der Waals surface area (Å²) in [6, 6.07) is 1.99. The smallest absolute Gasteiger partial charge is 0.139 e. The average Bonchev–Trinajstić information content (AvgIpc) is 2.79. The Hall–Kier alpha value is -1.54. The molecule has 1 atom stereocenters. The summed E-state index contributed by atoms with van der Waals surface area (Å²) in [4.78, 5) is 0. The van der Waals surface area contributed by atoms with Gasteiger partial charge in [0.2, 0.25) is 0 Å². The molecule has 0 aromatic carbocycles. The third-order valence-electron chi connectivity index (χ3n) is 2.40. The van der Waals surface area contributed by atoms with Crippen LogP contribution < -0.4 is 5.73 Å². The zero-order valence-corrected chi connectivity index (χ0v) is 7.81. The second kappa shape index (κ2) is 3.68. The highest BCUT2D eigenvalue weighted by molar-refractivity contribution is 5.47. The Morgan fingerprint density at radius 2 is 2.64 bits per heavy atom. The summed E-state index contributed by atoms with van der Waals surface area (Å²) in [5.74, 6) is 0.433. The standard InChI is InChI=1S/C9H12N4O/c10-4-7-5-12-13(9(7)11)6-8-2-1-3-14-8/h5,8H,1-3,6,11H2. The Bertz CT molecular complexity index is 359. The largest absolute Gasteiger partial charge is 0.383 e. The van der Waals surface area contributed by atoms with Crippen LogP contribution >= 0.6 is 0 Å². The fraction of sp³-hybridized carbons (Fsp3) is 0.556. The maximum atomic E-state index is 8.68. The van der Waals surface area contributed by atoms with E-state index in [2.05, 4.69) is 5.10 Å². The predicted octanol–water partition coefficient (Wildman–Crippen LogP) is 0.516. The van der Waals surface area contributed by atoms with E-state index in [1.54, 1.807) is 4.68 Å². The van der Waals surface area contributed by atoms with Gasteiger partial charge in [0.1, 0.15) is 17.5 Å². The fourth-order valence-corrected chi connectivity index (χ4v) is 1.61. The number of anilines is 1. The van der Waals surface area contributed by atoms with Crippen LogP contribution in [0.5, 0.6) is 0 Å². The number of nitrogens with zero attached hydrogens (tertiary/aromatic N) is 3. The Balaban J connectivity index is 2.09. The lowest BCUT2D eigenvalue weighted by molar-refractivity contribution is 0.0945. The molecule has 74 valence electrons. The molecule has 1 fully saturated rings. The summed E-state index contributed by atoms with van der Waals surface area (Å²) in [6.07, 6.45) is 3.83. The minimum Gasteiger partial charge on any atom is -0.383 e. The molecule has 5 heteroatoms. The van der Waals surface area contributed by atoms with Crippen molar-refractivity contribution >= 4 is 5.82 Å². The topological polar surface area (TPSA) is 76.9 Å². The van der Waals surface area contributed by atoms with Gasteiger partial charge in [-0.1, -0.05) is 0 Å². The molecule has 0 spiro atoms. The summed E-state index contributed by atoms with van der Waals surface area (Å²) < 4.78 is 7.09. The molecule has 1 aliphatic rings. The first-order valence-corrected chi connectivity index (χ1v) is 4.64. The zero-order valence-electron chi connectivity index (χ0n) is 7.81. The highest BCUT2D eigenvalue weighted by Crippen LogP contribution is 2.16. The van der Waals surface area contributed by atoms with E-state index >= 15 is 0 Å². The third-order valence-corrected chi connectivity index (χ3v) is 2.40. The van der Waals surface area contributed by atoms with Gasteiger partial charge in [-0.2, -0.15) is 10.4 Å². The van der Waals surface area contributed by atoms with Crippen molar-refractivity contribution in [1.29, 1.82) is 5.26 Å². The molecule has 2 N–H and O–H groups in total. The number of aromatic nitrogens is 2. The van der Waals surface area contributed by atoms with Crippen LogP contribution in [0.4, 0.5) is 5.82 Å². The van der Waals surface area contributed by atoms with E-state index < -0.39 is 0 Å².